The third-order valence-electron chi connectivity index (χ3n) is 1.17. The summed E-state index contributed by atoms with van der Waals surface area (Å²) >= 11 is 3.09. The van der Waals surface area contributed by atoms with Crippen molar-refractivity contribution in [1.82, 2.24) is 0 Å². The SMILES string of the molecule is O[C@@H]1C=CC=C(Br)[C@@H]1O. The zero-order chi connectivity index (χ0) is 6.85. The molecule has 0 amide bonds. The maximum absolute atomic E-state index is 9.03. The number of rotatable bonds is 0. The van der Waals surface area contributed by atoms with Crippen LogP contribution in [0.2, 0.25) is 0 Å². The fourth-order valence-corrected chi connectivity index (χ4v) is 1.05. The first-order chi connectivity index (χ1) is 4.22. The summed E-state index contributed by atoms with van der Waals surface area (Å²) in [5.74, 6) is 0. The van der Waals surface area contributed by atoms with Gasteiger partial charge in [0.25, 0.3) is 0 Å². The zero-order valence-electron chi connectivity index (χ0n) is 4.66. The van der Waals surface area contributed by atoms with Crippen molar-refractivity contribution in [3.05, 3.63) is 22.7 Å². The normalized spacial score (nSPS) is 34.3. The average molecular weight is 191 g/mol. The molecule has 1 aliphatic carbocycles. The summed E-state index contributed by atoms with van der Waals surface area (Å²) in [6.07, 6.45) is 3.40. The number of hydrogen-bond donors (Lipinski definition) is 2. The average Bonchev–Trinajstić information content (AvgIpc) is 1.83. The second-order valence-corrected chi connectivity index (χ2v) is 2.79. The lowest BCUT2D eigenvalue weighted by atomic mass is 10.1. The lowest BCUT2D eigenvalue weighted by Crippen LogP contribution is -2.25. The van der Waals surface area contributed by atoms with Crippen molar-refractivity contribution in [3.8, 4) is 0 Å². The van der Waals surface area contributed by atoms with Gasteiger partial charge < -0.3 is 10.2 Å². The lowest BCUT2D eigenvalue weighted by molar-refractivity contribution is 0.0774. The molecule has 0 saturated carbocycles. The highest BCUT2D eigenvalue weighted by atomic mass is 79.9. The molecule has 0 aromatic heterocycles. The first kappa shape index (κ1) is 6.99. The van der Waals surface area contributed by atoms with E-state index in [1.54, 1.807) is 12.2 Å². The van der Waals surface area contributed by atoms with Crippen LogP contribution in [0.4, 0.5) is 0 Å². The Morgan fingerprint density at radius 1 is 1.44 bits per heavy atom. The second-order valence-electron chi connectivity index (χ2n) is 1.87. The summed E-state index contributed by atoms with van der Waals surface area (Å²) in [6, 6.07) is 0. The number of hydrogen-bond acceptors (Lipinski definition) is 2. The summed E-state index contributed by atoms with van der Waals surface area (Å²) in [5.41, 5.74) is 0. The van der Waals surface area contributed by atoms with Crippen LogP contribution in [0.3, 0.4) is 0 Å². The van der Waals surface area contributed by atoms with Gasteiger partial charge in [0.2, 0.25) is 0 Å². The van der Waals surface area contributed by atoms with Gasteiger partial charge in [0.05, 0.1) is 0 Å². The van der Waals surface area contributed by atoms with Crippen LogP contribution in [0, 0.1) is 0 Å². The highest BCUT2D eigenvalue weighted by molar-refractivity contribution is 9.11. The molecule has 3 heteroatoms. The van der Waals surface area contributed by atoms with Gasteiger partial charge in [0, 0.05) is 4.48 Å². The summed E-state index contributed by atoms with van der Waals surface area (Å²) < 4.78 is 0.623. The Bertz CT molecular complexity index is 162. The summed E-state index contributed by atoms with van der Waals surface area (Å²) in [7, 11) is 0. The minimum atomic E-state index is -0.782. The van der Waals surface area contributed by atoms with Crippen LogP contribution in [0.5, 0.6) is 0 Å². The molecule has 0 radical (unpaired) electrons. The van der Waals surface area contributed by atoms with E-state index in [1.807, 2.05) is 0 Å². The smallest absolute Gasteiger partial charge is 0.115 e. The van der Waals surface area contributed by atoms with Gasteiger partial charge in [-0.15, -0.1) is 0 Å². The first-order valence-electron chi connectivity index (χ1n) is 2.62. The maximum Gasteiger partial charge on any atom is 0.115 e. The van der Waals surface area contributed by atoms with Crippen LogP contribution in [-0.4, -0.2) is 22.4 Å². The standard InChI is InChI=1S/C6H7BrO2/c7-4-2-1-3-5(8)6(4)9/h1-3,5-6,8-9H/t5-,6+/m1/s1. The predicted molar refractivity (Wildman–Crippen MR) is 38.2 cm³/mol. The minimum absolute atomic E-state index is 0.623. The number of aliphatic hydroxyl groups is 2. The van der Waals surface area contributed by atoms with E-state index in [2.05, 4.69) is 15.9 Å². The fourth-order valence-electron chi connectivity index (χ4n) is 0.628. The van der Waals surface area contributed by atoms with Crippen LogP contribution in [0.25, 0.3) is 0 Å². The van der Waals surface area contributed by atoms with Crippen molar-refractivity contribution < 1.29 is 10.2 Å². The van der Waals surface area contributed by atoms with Gasteiger partial charge in [-0.05, 0) is 6.08 Å². The molecule has 0 saturated heterocycles. The lowest BCUT2D eigenvalue weighted by Gasteiger charge is -2.16. The molecule has 2 nitrogen and oxygen atoms in total. The second kappa shape index (κ2) is 2.64. The van der Waals surface area contributed by atoms with Crippen molar-refractivity contribution in [2.45, 2.75) is 12.2 Å². The van der Waals surface area contributed by atoms with Gasteiger partial charge in [0.15, 0.2) is 0 Å². The van der Waals surface area contributed by atoms with Gasteiger partial charge in [-0.1, -0.05) is 28.1 Å². The molecule has 2 atom stereocenters. The summed E-state index contributed by atoms with van der Waals surface area (Å²) in [6.45, 7) is 0. The van der Waals surface area contributed by atoms with Crippen molar-refractivity contribution in [2.75, 3.05) is 0 Å². The third kappa shape index (κ3) is 1.41. The molecule has 0 aromatic carbocycles. The molecule has 0 unspecified atom stereocenters. The van der Waals surface area contributed by atoms with Gasteiger partial charge >= 0.3 is 0 Å². The van der Waals surface area contributed by atoms with Crippen LogP contribution in [0.15, 0.2) is 22.7 Å². The van der Waals surface area contributed by atoms with Crippen molar-refractivity contribution >= 4 is 15.9 Å². The zero-order valence-corrected chi connectivity index (χ0v) is 6.25. The molecule has 1 rings (SSSR count). The predicted octanol–water partition coefficient (Wildman–Crippen LogP) is 0.557. The van der Waals surface area contributed by atoms with E-state index in [0.717, 1.165) is 0 Å². The Hall–Kier alpha value is -0.120. The topological polar surface area (TPSA) is 40.5 Å². The molecule has 0 spiro atoms. The Kier molecular flexibility index (Phi) is 2.05. The van der Waals surface area contributed by atoms with Gasteiger partial charge in [-0.3, -0.25) is 0 Å². The Labute approximate surface area is 61.6 Å². The quantitative estimate of drug-likeness (QED) is 0.587. The molecule has 0 aromatic rings. The van der Waals surface area contributed by atoms with E-state index < -0.39 is 12.2 Å². The fraction of sp³-hybridized carbons (Fsp3) is 0.333. The number of halogens is 1. The van der Waals surface area contributed by atoms with Crippen molar-refractivity contribution in [2.24, 2.45) is 0 Å². The largest absolute Gasteiger partial charge is 0.386 e. The van der Waals surface area contributed by atoms with Crippen LogP contribution < -0.4 is 0 Å². The Morgan fingerprint density at radius 3 is 2.56 bits per heavy atom. The van der Waals surface area contributed by atoms with Crippen LogP contribution >= 0.6 is 15.9 Å². The van der Waals surface area contributed by atoms with E-state index in [-0.39, 0.29) is 0 Å². The van der Waals surface area contributed by atoms with Crippen LogP contribution in [0.1, 0.15) is 0 Å². The summed E-state index contributed by atoms with van der Waals surface area (Å²) in [4.78, 5) is 0. The number of aliphatic hydroxyl groups excluding tert-OH is 2. The summed E-state index contributed by atoms with van der Waals surface area (Å²) in [5, 5.41) is 18.0. The van der Waals surface area contributed by atoms with Gasteiger partial charge in [-0.25, -0.2) is 0 Å². The Balaban J connectivity index is 2.73. The maximum atomic E-state index is 9.03. The highest BCUT2D eigenvalue weighted by Crippen LogP contribution is 2.18. The molecule has 0 heterocycles. The highest BCUT2D eigenvalue weighted by Gasteiger charge is 2.17. The molecule has 9 heavy (non-hydrogen) atoms. The molecule has 0 fully saturated rings. The molecule has 50 valence electrons. The Morgan fingerprint density at radius 2 is 2.11 bits per heavy atom. The van der Waals surface area contributed by atoms with Crippen molar-refractivity contribution in [1.29, 1.82) is 0 Å². The van der Waals surface area contributed by atoms with Gasteiger partial charge in [0.1, 0.15) is 12.2 Å². The molecule has 0 aliphatic heterocycles. The van der Waals surface area contributed by atoms with E-state index in [1.165, 1.54) is 6.08 Å². The minimum Gasteiger partial charge on any atom is -0.386 e. The van der Waals surface area contributed by atoms with E-state index >= 15 is 0 Å². The van der Waals surface area contributed by atoms with E-state index in [9.17, 15) is 0 Å². The van der Waals surface area contributed by atoms with Crippen LogP contribution in [-0.2, 0) is 0 Å². The molecule has 0 bridgehead atoms. The number of allylic oxidation sites excluding steroid dienone is 2. The van der Waals surface area contributed by atoms with Crippen molar-refractivity contribution in [3.63, 3.8) is 0 Å². The van der Waals surface area contributed by atoms with E-state index in [4.69, 9.17) is 10.2 Å². The monoisotopic (exact) mass is 190 g/mol. The molecular formula is C6H7BrO2. The molecule has 2 N–H and O–H groups in total. The third-order valence-corrected chi connectivity index (χ3v) is 1.90. The molecule has 1 aliphatic rings. The van der Waals surface area contributed by atoms with Gasteiger partial charge in [-0.2, -0.15) is 0 Å². The first-order valence-corrected chi connectivity index (χ1v) is 3.41. The molecular weight excluding hydrogens is 184 g/mol. The van der Waals surface area contributed by atoms with E-state index in [0.29, 0.717) is 4.48 Å².